The van der Waals surface area contributed by atoms with E-state index in [1.807, 2.05) is 18.2 Å². The van der Waals surface area contributed by atoms with Crippen molar-refractivity contribution in [1.29, 1.82) is 0 Å². The van der Waals surface area contributed by atoms with Crippen LogP contribution in [0.3, 0.4) is 0 Å². The molecule has 3 rings (SSSR count). The Balaban J connectivity index is 1.70. The zero-order chi connectivity index (χ0) is 17.8. The minimum Gasteiger partial charge on any atom is -0.399 e. The standard InChI is InChI=1S/C18H16N4O2S/c1-11(23)20-14-5-7-15(8-6-14)21-17(24)16-10-25-18(22-16)12-3-2-4-13(19)9-12/h2-10H,19H2,1H3,(H,20,23)(H,21,24). The molecule has 25 heavy (non-hydrogen) atoms. The fraction of sp³-hybridized carbons (Fsp3) is 0.0556. The zero-order valence-electron chi connectivity index (χ0n) is 13.4. The van der Waals surface area contributed by atoms with E-state index in [1.165, 1.54) is 18.3 Å². The van der Waals surface area contributed by atoms with Gasteiger partial charge >= 0.3 is 0 Å². The zero-order valence-corrected chi connectivity index (χ0v) is 14.3. The first-order chi connectivity index (χ1) is 12.0. The van der Waals surface area contributed by atoms with E-state index in [2.05, 4.69) is 15.6 Å². The third-order valence-corrected chi connectivity index (χ3v) is 4.22. The topological polar surface area (TPSA) is 97.1 Å². The number of thiazole rings is 1. The predicted octanol–water partition coefficient (Wildman–Crippen LogP) is 3.60. The fourth-order valence-electron chi connectivity index (χ4n) is 2.22. The van der Waals surface area contributed by atoms with Crippen LogP contribution < -0.4 is 16.4 Å². The normalized spacial score (nSPS) is 10.3. The van der Waals surface area contributed by atoms with Crippen molar-refractivity contribution in [2.24, 2.45) is 0 Å². The number of nitrogens with two attached hydrogens (primary N) is 1. The molecule has 1 heterocycles. The van der Waals surface area contributed by atoms with Crippen LogP contribution in [0.25, 0.3) is 10.6 Å². The Bertz CT molecular complexity index is 919. The Morgan fingerprint density at radius 3 is 2.36 bits per heavy atom. The molecule has 126 valence electrons. The second kappa shape index (κ2) is 7.14. The van der Waals surface area contributed by atoms with Gasteiger partial charge in [-0.15, -0.1) is 11.3 Å². The Morgan fingerprint density at radius 2 is 1.72 bits per heavy atom. The van der Waals surface area contributed by atoms with Crippen LogP contribution in [0.5, 0.6) is 0 Å². The SMILES string of the molecule is CC(=O)Nc1ccc(NC(=O)c2csc(-c3cccc(N)c3)n2)cc1. The van der Waals surface area contributed by atoms with Gasteiger partial charge in [0.2, 0.25) is 5.91 Å². The first-order valence-electron chi connectivity index (χ1n) is 7.52. The molecule has 2 aromatic carbocycles. The van der Waals surface area contributed by atoms with Crippen molar-refractivity contribution in [1.82, 2.24) is 4.98 Å². The molecule has 0 aliphatic heterocycles. The molecule has 0 saturated heterocycles. The molecular formula is C18H16N4O2S. The number of carbonyl (C=O) groups excluding carboxylic acids is 2. The van der Waals surface area contributed by atoms with Gasteiger partial charge in [0.15, 0.2) is 0 Å². The van der Waals surface area contributed by atoms with Crippen LogP contribution in [0.4, 0.5) is 17.1 Å². The van der Waals surface area contributed by atoms with Gasteiger partial charge in [-0.3, -0.25) is 9.59 Å². The maximum absolute atomic E-state index is 12.3. The smallest absolute Gasteiger partial charge is 0.275 e. The van der Waals surface area contributed by atoms with Crippen LogP contribution in [-0.4, -0.2) is 16.8 Å². The van der Waals surface area contributed by atoms with Gasteiger partial charge in [0.25, 0.3) is 5.91 Å². The molecule has 1 aromatic heterocycles. The average molecular weight is 352 g/mol. The molecule has 7 heteroatoms. The summed E-state index contributed by atoms with van der Waals surface area (Å²) >= 11 is 1.38. The molecule has 4 N–H and O–H groups in total. The Hall–Kier alpha value is -3.19. The van der Waals surface area contributed by atoms with Crippen LogP contribution in [0.2, 0.25) is 0 Å². The van der Waals surface area contributed by atoms with Crippen LogP contribution in [-0.2, 0) is 4.79 Å². The van der Waals surface area contributed by atoms with Crippen molar-refractivity contribution in [3.63, 3.8) is 0 Å². The van der Waals surface area contributed by atoms with Gasteiger partial charge in [-0.25, -0.2) is 4.98 Å². The number of benzene rings is 2. The van der Waals surface area contributed by atoms with E-state index >= 15 is 0 Å². The second-order valence-corrected chi connectivity index (χ2v) is 6.23. The molecule has 0 unspecified atom stereocenters. The number of nitrogen functional groups attached to an aromatic ring is 1. The number of rotatable bonds is 4. The maximum Gasteiger partial charge on any atom is 0.275 e. The van der Waals surface area contributed by atoms with E-state index in [0.29, 0.717) is 22.8 Å². The van der Waals surface area contributed by atoms with Crippen LogP contribution in [0.15, 0.2) is 53.9 Å². The number of hydrogen-bond donors (Lipinski definition) is 3. The van der Waals surface area contributed by atoms with Crippen molar-refractivity contribution in [2.75, 3.05) is 16.4 Å². The highest BCUT2D eigenvalue weighted by molar-refractivity contribution is 7.13. The fourth-order valence-corrected chi connectivity index (χ4v) is 3.01. The van der Waals surface area contributed by atoms with E-state index in [-0.39, 0.29) is 11.8 Å². The summed E-state index contributed by atoms with van der Waals surface area (Å²) < 4.78 is 0. The maximum atomic E-state index is 12.3. The first kappa shape index (κ1) is 16.7. The number of carbonyl (C=O) groups is 2. The van der Waals surface area contributed by atoms with Crippen molar-refractivity contribution in [3.05, 3.63) is 59.6 Å². The quantitative estimate of drug-likeness (QED) is 0.625. The molecule has 0 fully saturated rings. The minimum absolute atomic E-state index is 0.145. The molecule has 0 aliphatic rings. The molecule has 0 aliphatic carbocycles. The van der Waals surface area contributed by atoms with E-state index in [1.54, 1.807) is 35.7 Å². The monoisotopic (exact) mass is 352 g/mol. The molecule has 0 spiro atoms. The van der Waals surface area contributed by atoms with Crippen LogP contribution in [0.1, 0.15) is 17.4 Å². The second-order valence-electron chi connectivity index (χ2n) is 5.38. The summed E-state index contributed by atoms with van der Waals surface area (Å²) in [5.74, 6) is -0.438. The van der Waals surface area contributed by atoms with Gasteiger partial charge in [0, 0.05) is 34.9 Å². The summed E-state index contributed by atoms with van der Waals surface area (Å²) in [5.41, 5.74) is 8.94. The Kier molecular flexibility index (Phi) is 4.76. The van der Waals surface area contributed by atoms with Crippen molar-refractivity contribution in [3.8, 4) is 10.6 Å². The van der Waals surface area contributed by atoms with Gasteiger partial charge in [-0.2, -0.15) is 0 Å². The highest BCUT2D eigenvalue weighted by atomic mass is 32.1. The van der Waals surface area contributed by atoms with E-state index in [4.69, 9.17) is 5.73 Å². The highest BCUT2D eigenvalue weighted by Crippen LogP contribution is 2.25. The number of hydrogen-bond acceptors (Lipinski definition) is 5. The van der Waals surface area contributed by atoms with Gasteiger partial charge < -0.3 is 16.4 Å². The first-order valence-corrected chi connectivity index (χ1v) is 8.40. The lowest BCUT2D eigenvalue weighted by Gasteiger charge is -2.05. The van der Waals surface area contributed by atoms with E-state index in [9.17, 15) is 9.59 Å². The summed E-state index contributed by atoms with van der Waals surface area (Å²) in [5, 5.41) is 7.90. The summed E-state index contributed by atoms with van der Waals surface area (Å²) in [6.45, 7) is 1.44. The van der Waals surface area contributed by atoms with Crippen LogP contribution >= 0.6 is 11.3 Å². The van der Waals surface area contributed by atoms with Crippen molar-refractivity contribution >= 4 is 40.2 Å². The minimum atomic E-state index is -0.293. The lowest BCUT2D eigenvalue weighted by molar-refractivity contribution is -0.114. The number of anilines is 3. The molecule has 2 amide bonds. The molecule has 0 saturated carbocycles. The van der Waals surface area contributed by atoms with Gasteiger partial charge in [0.05, 0.1) is 0 Å². The Morgan fingerprint density at radius 1 is 1.04 bits per heavy atom. The molecule has 0 radical (unpaired) electrons. The summed E-state index contributed by atoms with van der Waals surface area (Å²) in [4.78, 5) is 27.7. The lowest BCUT2D eigenvalue weighted by atomic mass is 10.2. The highest BCUT2D eigenvalue weighted by Gasteiger charge is 2.12. The lowest BCUT2D eigenvalue weighted by Crippen LogP contribution is -2.12. The molecule has 0 bridgehead atoms. The molecule has 0 atom stereocenters. The predicted molar refractivity (Wildman–Crippen MR) is 101 cm³/mol. The number of amides is 2. The summed E-state index contributed by atoms with van der Waals surface area (Å²) in [7, 11) is 0. The van der Waals surface area contributed by atoms with Gasteiger partial charge in [-0.1, -0.05) is 12.1 Å². The van der Waals surface area contributed by atoms with Gasteiger partial charge in [0.1, 0.15) is 10.7 Å². The summed E-state index contributed by atoms with van der Waals surface area (Å²) in [6, 6.07) is 14.2. The van der Waals surface area contributed by atoms with Crippen LogP contribution in [0, 0.1) is 0 Å². The largest absolute Gasteiger partial charge is 0.399 e. The van der Waals surface area contributed by atoms with Crippen molar-refractivity contribution < 1.29 is 9.59 Å². The third kappa shape index (κ3) is 4.21. The third-order valence-electron chi connectivity index (χ3n) is 3.33. The average Bonchev–Trinajstić information content (AvgIpc) is 3.06. The number of nitrogens with one attached hydrogen (secondary N) is 2. The number of nitrogens with zero attached hydrogens (tertiary/aromatic N) is 1. The summed E-state index contributed by atoms with van der Waals surface area (Å²) in [6.07, 6.45) is 0. The Labute approximate surface area is 148 Å². The van der Waals surface area contributed by atoms with Gasteiger partial charge in [-0.05, 0) is 36.4 Å². The molecular weight excluding hydrogens is 336 g/mol. The molecule has 3 aromatic rings. The van der Waals surface area contributed by atoms with E-state index < -0.39 is 0 Å². The van der Waals surface area contributed by atoms with Crippen molar-refractivity contribution in [2.45, 2.75) is 6.92 Å². The molecule has 6 nitrogen and oxygen atoms in total. The number of aromatic nitrogens is 1. The van der Waals surface area contributed by atoms with E-state index in [0.717, 1.165) is 10.6 Å².